The second-order valence-electron chi connectivity index (χ2n) is 5.19. The molecule has 0 aliphatic heterocycles. The molecule has 0 N–H and O–H groups in total. The SMILES string of the molecule is C=C(CC(CC)CC(C)C)CP(C)CC. The minimum Gasteiger partial charge on any atom is -0.106 e. The first-order chi connectivity index (χ1) is 6.99. The van der Waals surface area contributed by atoms with Gasteiger partial charge in [0.1, 0.15) is 0 Å². The largest absolute Gasteiger partial charge is 0.106 e. The Bertz CT molecular complexity index is 172. The van der Waals surface area contributed by atoms with Crippen LogP contribution in [0.5, 0.6) is 0 Å². The van der Waals surface area contributed by atoms with Gasteiger partial charge in [0.05, 0.1) is 0 Å². The van der Waals surface area contributed by atoms with Gasteiger partial charge in [-0.25, -0.2) is 0 Å². The van der Waals surface area contributed by atoms with Crippen LogP contribution in [0.3, 0.4) is 0 Å². The van der Waals surface area contributed by atoms with E-state index in [9.17, 15) is 0 Å². The molecule has 0 radical (unpaired) electrons. The lowest BCUT2D eigenvalue weighted by Gasteiger charge is -2.20. The van der Waals surface area contributed by atoms with Crippen LogP contribution in [0.1, 0.15) is 47.0 Å². The number of allylic oxidation sites excluding steroid dienone is 1. The van der Waals surface area contributed by atoms with Gasteiger partial charge in [-0.2, -0.15) is 0 Å². The summed E-state index contributed by atoms with van der Waals surface area (Å²) in [7, 11) is 0.227. The molecule has 0 heterocycles. The van der Waals surface area contributed by atoms with Crippen molar-refractivity contribution in [1.82, 2.24) is 0 Å². The summed E-state index contributed by atoms with van der Waals surface area (Å²) >= 11 is 0. The predicted octanol–water partition coefficient (Wildman–Crippen LogP) is 5.14. The number of rotatable bonds is 8. The molecule has 1 heteroatoms. The second-order valence-corrected chi connectivity index (χ2v) is 7.85. The standard InChI is InChI=1S/C14H29P/c1-7-14(9-12(3)4)10-13(5)11-15(6)8-2/h12,14H,5,7-11H2,1-4,6H3. The van der Waals surface area contributed by atoms with Gasteiger partial charge in [-0.1, -0.05) is 46.3 Å². The van der Waals surface area contributed by atoms with E-state index in [1.54, 1.807) is 0 Å². The Morgan fingerprint density at radius 1 is 1.27 bits per heavy atom. The van der Waals surface area contributed by atoms with Gasteiger partial charge < -0.3 is 0 Å². The Labute approximate surface area is 98.3 Å². The second kappa shape index (κ2) is 8.34. The third-order valence-corrected chi connectivity index (χ3v) is 5.06. The van der Waals surface area contributed by atoms with Crippen molar-refractivity contribution in [1.29, 1.82) is 0 Å². The Morgan fingerprint density at radius 2 is 1.87 bits per heavy atom. The van der Waals surface area contributed by atoms with E-state index >= 15 is 0 Å². The lowest BCUT2D eigenvalue weighted by Crippen LogP contribution is -2.06. The van der Waals surface area contributed by atoms with Gasteiger partial charge >= 0.3 is 0 Å². The van der Waals surface area contributed by atoms with Crippen LogP contribution in [0, 0.1) is 11.8 Å². The Morgan fingerprint density at radius 3 is 2.27 bits per heavy atom. The van der Waals surface area contributed by atoms with Gasteiger partial charge in [-0.3, -0.25) is 0 Å². The molecule has 0 aromatic rings. The molecule has 0 aromatic carbocycles. The first-order valence-electron chi connectivity index (χ1n) is 6.34. The van der Waals surface area contributed by atoms with Gasteiger partial charge in [0, 0.05) is 0 Å². The molecular formula is C14H29P. The van der Waals surface area contributed by atoms with Crippen LogP contribution in [0.2, 0.25) is 0 Å². The number of hydrogen-bond donors (Lipinski definition) is 0. The molecule has 0 aliphatic rings. The molecule has 0 aliphatic carbocycles. The average molecular weight is 228 g/mol. The van der Waals surface area contributed by atoms with Crippen LogP contribution < -0.4 is 0 Å². The first-order valence-corrected chi connectivity index (χ1v) is 8.50. The van der Waals surface area contributed by atoms with Crippen LogP contribution in [-0.2, 0) is 0 Å². The molecule has 2 unspecified atom stereocenters. The van der Waals surface area contributed by atoms with Crippen molar-refractivity contribution in [2.24, 2.45) is 11.8 Å². The quantitative estimate of drug-likeness (QED) is 0.399. The maximum Gasteiger partial charge on any atom is -0.0120 e. The Balaban J connectivity index is 3.90. The lowest BCUT2D eigenvalue weighted by atomic mass is 9.90. The highest BCUT2D eigenvalue weighted by Crippen LogP contribution is 2.34. The minimum atomic E-state index is 0.227. The normalized spacial score (nSPS) is 15.3. The van der Waals surface area contributed by atoms with Crippen LogP contribution in [0.25, 0.3) is 0 Å². The van der Waals surface area contributed by atoms with Crippen molar-refractivity contribution >= 4 is 7.92 Å². The topological polar surface area (TPSA) is 0 Å². The molecule has 0 spiro atoms. The van der Waals surface area contributed by atoms with Gasteiger partial charge in [-0.15, -0.1) is 7.92 Å². The van der Waals surface area contributed by atoms with Crippen LogP contribution in [0.4, 0.5) is 0 Å². The Hall–Kier alpha value is 0.170. The fourth-order valence-corrected chi connectivity index (χ4v) is 3.14. The summed E-state index contributed by atoms with van der Waals surface area (Å²) in [5.74, 6) is 1.70. The van der Waals surface area contributed by atoms with Crippen LogP contribution >= 0.6 is 7.92 Å². The van der Waals surface area contributed by atoms with Crippen LogP contribution in [0.15, 0.2) is 12.2 Å². The fraction of sp³-hybridized carbons (Fsp3) is 0.857. The summed E-state index contributed by atoms with van der Waals surface area (Å²) < 4.78 is 0. The highest BCUT2D eigenvalue weighted by Gasteiger charge is 2.11. The van der Waals surface area contributed by atoms with E-state index in [4.69, 9.17) is 0 Å². The molecule has 0 aromatic heterocycles. The first kappa shape index (κ1) is 15.2. The van der Waals surface area contributed by atoms with E-state index in [-0.39, 0.29) is 7.92 Å². The van der Waals surface area contributed by atoms with E-state index < -0.39 is 0 Å². The number of hydrogen-bond acceptors (Lipinski definition) is 0. The van der Waals surface area contributed by atoms with E-state index in [0.717, 1.165) is 11.8 Å². The van der Waals surface area contributed by atoms with E-state index in [0.29, 0.717) is 0 Å². The van der Waals surface area contributed by atoms with Gasteiger partial charge in [0.2, 0.25) is 0 Å². The van der Waals surface area contributed by atoms with Crippen molar-refractivity contribution in [3.8, 4) is 0 Å². The zero-order valence-electron chi connectivity index (χ0n) is 11.3. The highest BCUT2D eigenvalue weighted by atomic mass is 31.1. The van der Waals surface area contributed by atoms with Crippen molar-refractivity contribution in [3.63, 3.8) is 0 Å². The van der Waals surface area contributed by atoms with Crippen molar-refractivity contribution < 1.29 is 0 Å². The Kier molecular flexibility index (Phi) is 8.43. The van der Waals surface area contributed by atoms with Crippen molar-refractivity contribution in [3.05, 3.63) is 12.2 Å². The monoisotopic (exact) mass is 228 g/mol. The van der Waals surface area contributed by atoms with E-state index in [1.165, 1.54) is 37.2 Å². The third kappa shape index (κ3) is 8.03. The molecule has 0 saturated carbocycles. The average Bonchev–Trinajstić information content (AvgIpc) is 2.15. The zero-order valence-corrected chi connectivity index (χ0v) is 12.2. The fourth-order valence-electron chi connectivity index (χ4n) is 2.03. The van der Waals surface area contributed by atoms with Gasteiger partial charge in [-0.05, 0) is 43.7 Å². The molecule has 0 bridgehead atoms. The summed E-state index contributed by atoms with van der Waals surface area (Å²) in [6.07, 6.45) is 6.57. The lowest BCUT2D eigenvalue weighted by molar-refractivity contribution is 0.396. The molecule has 0 rings (SSSR count). The summed E-state index contributed by atoms with van der Waals surface area (Å²) in [6.45, 7) is 15.9. The summed E-state index contributed by atoms with van der Waals surface area (Å²) in [5, 5.41) is 0. The maximum absolute atomic E-state index is 4.25. The smallest absolute Gasteiger partial charge is 0.0120 e. The highest BCUT2D eigenvalue weighted by molar-refractivity contribution is 7.57. The predicted molar refractivity (Wildman–Crippen MR) is 75.2 cm³/mol. The molecule has 90 valence electrons. The molecule has 2 atom stereocenters. The molecule has 0 saturated heterocycles. The summed E-state index contributed by atoms with van der Waals surface area (Å²) in [4.78, 5) is 0. The third-order valence-electron chi connectivity index (χ3n) is 2.99. The molecule has 15 heavy (non-hydrogen) atoms. The molecule has 0 amide bonds. The zero-order chi connectivity index (χ0) is 11.8. The van der Waals surface area contributed by atoms with Crippen molar-refractivity contribution in [2.75, 3.05) is 19.0 Å². The summed E-state index contributed by atoms with van der Waals surface area (Å²) in [5.41, 5.74) is 1.50. The minimum absolute atomic E-state index is 0.227. The maximum atomic E-state index is 4.25. The summed E-state index contributed by atoms with van der Waals surface area (Å²) in [6, 6.07) is 0. The molecule has 0 fully saturated rings. The van der Waals surface area contributed by atoms with E-state index in [2.05, 4.69) is 40.9 Å². The molecular weight excluding hydrogens is 199 g/mol. The van der Waals surface area contributed by atoms with Crippen molar-refractivity contribution in [2.45, 2.75) is 47.0 Å². The van der Waals surface area contributed by atoms with Gasteiger partial charge in [0.15, 0.2) is 0 Å². The van der Waals surface area contributed by atoms with E-state index in [1.807, 2.05) is 0 Å². The molecule has 0 nitrogen and oxygen atoms in total. The van der Waals surface area contributed by atoms with Crippen LogP contribution in [-0.4, -0.2) is 19.0 Å². The van der Waals surface area contributed by atoms with Gasteiger partial charge in [0.25, 0.3) is 0 Å².